The largest absolute Gasteiger partial charge is 0.469 e. The summed E-state index contributed by atoms with van der Waals surface area (Å²) in [5, 5.41) is 2.83. The molecule has 0 unspecified atom stereocenters. The lowest BCUT2D eigenvalue weighted by atomic mass is 10.2. The smallest absolute Gasteiger partial charge is 0.246 e. The summed E-state index contributed by atoms with van der Waals surface area (Å²) in [5.74, 6) is 0.787. The average Bonchev–Trinajstić information content (AvgIpc) is 2.67. The number of nitrogens with one attached hydrogen (secondary N) is 1. The van der Waals surface area contributed by atoms with Crippen LogP contribution in [0.25, 0.3) is 0 Å². The van der Waals surface area contributed by atoms with Gasteiger partial charge in [-0.2, -0.15) is 0 Å². The summed E-state index contributed by atoms with van der Waals surface area (Å²) in [6.07, 6.45) is 2.33. The first-order valence-electron chi connectivity index (χ1n) is 5.12. The molecule has 1 N–H and O–H groups in total. The fourth-order valence-corrected chi connectivity index (χ4v) is 1.29. The zero-order chi connectivity index (χ0) is 11.1. The molecule has 0 saturated carbocycles. The maximum atomic E-state index is 11.3. The van der Waals surface area contributed by atoms with Crippen LogP contribution in [0.3, 0.4) is 0 Å². The third-order valence-corrected chi connectivity index (χ3v) is 1.93. The molecule has 0 aromatic carbocycles. The van der Waals surface area contributed by atoms with Crippen molar-refractivity contribution in [2.75, 3.05) is 13.2 Å². The second kappa shape index (κ2) is 6.24. The topological polar surface area (TPSA) is 51.5 Å². The zero-order valence-electron chi connectivity index (χ0n) is 9.16. The van der Waals surface area contributed by atoms with Crippen LogP contribution in [0.1, 0.15) is 19.6 Å². The van der Waals surface area contributed by atoms with E-state index in [2.05, 4.69) is 5.32 Å². The van der Waals surface area contributed by atoms with Crippen LogP contribution in [-0.4, -0.2) is 25.2 Å². The van der Waals surface area contributed by atoms with Crippen molar-refractivity contribution >= 4 is 5.91 Å². The Kier molecular flexibility index (Phi) is 4.90. The first kappa shape index (κ1) is 11.8. The van der Waals surface area contributed by atoms with Crippen molar-refractivity contribution in [3.05, 3.63) is 24.2 Å². The van der Waals surface area contributed by atoms with Gasteiger partial charge < -0.3 is 14.5 Å². The van der Waals surface area contributed by atoms with Crippen molar-refractivity contribution in [2.45, 2.75) is 26.3 Å². The fourth-order valence-electron chi connectivity index (χ4n) is 1.29. The minimum atomic E-state index is -0.0871. The highest BCUT2D eigenvalue weighted by atomic mass is 16.5. The molecule has 0 aliphatic carbocycles. The Balaban J connectivity index is 2.23. The summed E-state index contributed by atoms with van der Waals surface area (Å²) in [6.45, 7) is 4.48. The summed E-state index contributed by atoms with van der Waals surface area (Å²) < 4.78 is 10.2. The van der Waals surface area contributed by atoms with Crippen molar-refractivity contribution in [1.82, 2.24) is 5.32 Å². The van der Waals surface area contributed by atoms with E-state index < -0.39 is 0 Å². The molecule has 0 aliphatic heterocycles. The van der Waals surface area contributed by atoms with Crippen LogP contribution in [0.4, 0.5) is 0 Å². The summed E-state index contributed by atoms with van der Waals surface area (Å²) >= 11 is 0. The van der Waals surface area contributed by atoms with Gasteiger partial charge in [0.25, 0.3) is 0 Å². The van der Waals surface area contributed by atoms with E-state index in [1.165, 1.54) is 0 Å². The molecule has 1 rings (SSSR count). The van der Waals surface area contributed by atoms with Crippen LogP contribution >= 0.6 is 0 Å². The third kappa shape index (κ3) is 4.65. The maximum Gasteiger partial charge on any atom is 0.246 e. The van der Waals surface area contributed by atoms with Crippen LogP contribution in [0.5, 0.6) is 0 Å². The Morgan fingerprint density at radius 2 is 2.47 bits per heavy atom. The number of carbonyl (C=O) groups is 1. The van der Waals surface area contributed by atoms with E-state index >= 15 is 0 Å². The van der Waals surface area contributed by atoms with E-state index in [1.807, 2.05) is 26.0 Å². The minimum Gasteiger partial charge on any atom is -0.469 e. The summed E-state index contributed by atoms with van der Waals surface area (Å²) in [7, 11) is 0. The van der Waals surface area contributed by atoms with Crippen LogP contribution in [0.2, 0.25) is 0 Å². The lowest BCUT2D eigenvalue weighted by Crippen LogP contribution is -2.36. The molecule has 0 radical (unpaired) electrons. The second-order valence-electron chi connectivity index (χ2n) is 3.39. The molecule has 0 fully saturated rings. The van der Waals surface area contributed by atoms with Gasteiger partial charge in [0.05, 0.1) is 6.26 Å². The number of ether oxygens (including phenoxy) is 1. The Morgan fingerprint density at radius 1 is 1.67 bits per heavy atom. The lowest BCUT2D eigenvalue weighted by Gasteiger charge is -2.12. The molecular formula is C11H17NO3. The Hall–Kier alpha value is -1.29. The molecule has 4 heteroatoms. The number of furan rings is 1. The van der Waals surface area contributed by atoms with Gasteiger partial charge in [-0.05, 0) is 26.0 Å². The molecule has 0 saturated heterocycles. The monoisotopic (exact) mass is 211 g/mol. The highest BCUT2D eigenvalue weighted by molar-refractivity contribution is 5.77. The molecule has 4 nitrogen and oxygen atoms in total. The molecule has 1 heterocycles. The maximum absolute atomic E-state index is 11.3. The van der Waals surface area contributed by atoms with Crippen molar-refractivity contribution in [3.8, 4) is 0 Å². The van der Waals surface area contributed by atoms with E-state index in [4.69, 9.17) is 9.15 Å². The van der Waals surface area contributed by atoms with Crippen LogP contribution in [-0.2, 0) is 16.0 Å². The zero-order valence-corrected chi connectivity index (χ0v) is 9.16. The van der Waals surface area contributed by atoms with E-state index in [0.717, 1.165) is 5.76 Å². The quantitative estimate of drug-likeness (QED) is 0.773. The summed E-state index contributed by atoms with van der Waals surface area (Å²) in [4.78, 5) is 11.3. The molecule has 1 aromatic heterocycles. The predicted molar refractivity (Wildman–Crippen MR) is 56.5 cm³/mol. The van der Waals surface area contributed by atoms with Crippen LogP contribution < -0.4 is 5.32 Å². The second-order valence-corrected chi connectivity index (χ2v) is 3.39. The number of hydrogen-bond acceptors (Lipinski definition) is 3. The predicted octanol–water partition coefficient (Wildman–Crippen LogP) is 1.36. The van der Waals surface area contributed by atoms with E-state index in [9.17, 15) is 4.79 Å². The van der Waals surface area contributed by atoms with Gasteiger partial charge in [0, 0.05) is 19.1 Å². The standard InChI is InChI=1S/C11H17NO3/c1-3-14-8-11(13)12-9(2)7-10-5-4-6-15-10/h4-6,9H,3,7-8H2,1-2H3,(H,12,13)/t9-/m1/s1. The van der Waals surface area contributed by atoms with Crippen molar-refractivity contribution < 1.29 is 13.9 Å². The van der Waals surface area contributed by atoms with E-state index in [-0.39, 0.29) is 18.6 Å². The Labute approximate surface area is 89.6 Å². The Morgan fingerprint density at radius 3 is 3.07 bits per heavy atom. The molecule has 1 amide bonds. The highest BCUT2D eigenvalue weighted by Gasteiger charge is 2.09. The normalized spacial score (nSPS) is 12.4. The number of amides is 1. The lowest BCUT2D eigenvalue weighted by molar-refractivity contribution is -0.126. The molecule has 0 spiro atoms. The summed E-state index contributed by atoms with van der Waals surface area (Å²) in [5.41, 5.74) is 0. The average molecular weight is 211 g/mol. The SMILES string of the molecule is CCOCC(=O)N[C@H](C)Cc1ccco1. The number of rotatable bonds is 6. The summed E-state index contributed by atoms with van der Waals surface area (Å²) in [6, 6.07) is 3.79. The fraction of sp³-hybridized carbons (Fsp3) is 0.545. The highest BCUT2D eigenvalue weighted by Crippen LogP contribution is 2.03. The van der Waals surface area contributed by atoms with Gasteiger partial charge in [-0.15, -0.1) is 0 Å². The Bertz CT molecular complexity index is 282. The van der Waals surface area contributed by atoms with Gasteiger partial charge in [0.15, 0.2) is 0 Å². The minimum absolute atomic E-state index is 0.0594. The first-order chi connectivity index (χ1) is 7.22. The van der Waals surface area contributed by atoms with E-state index in [0.29, 0.717) is 13.0 Å². The number of hydrogen-bond donors (Lipinski definition) is 1. The van der Waals surface area contributed by atoms with Gasteiger partial charge in [-0.1, -0.05) is 0 Å². The molecule has 1 atom stereocenters. The molecule has 0 bridgehead atoms. The van der Waals surface area contributed by atoms with Gasteiger partial charge >= 0.3 is 0 Å². The van der Waals surface area contributed by atoms with Crippen molar-refractivity contribution in [2.24, 2.45) is 0 Å². The molecular weight excluding hydrogens is 194 g/mol. The van der Waals surface area contributed by atoms with Gasteiger partial charge in [0.2, 0.25) is 5.91 Å². The van der Waals surface area contributed by atoms with Crippen LogP contribution in [0.15, 0.2) is 22.8 Å². The first-order valence-corrected chi connectivity index (χ1v) is 5.12. The third-order valence-electron chi connectivity index (χ3n) is 1.93. The van der Waals surface area contributed by atoms with Gasteiger partial charge in [-0.3, -0.25) is 4.79 Å². The van der Waals surface area contributed by atoms with Gasteiger partial charge in [-0.25, -0.2) is 0 Å². The molecule has 1 aromatic rings. The molecule has 84 valence electrons. The molecule has 15 heavy (non-hydrogen) atoms. The van der Waals surface area contributed by atoms with Gasteiger partial charge in [0.1, 0.15) is 12.4 Å². The van der Waals surface area contributed by atoms with Crippen molar-refractivity contribution in [1.29, 1.82) is 0 Å². The van der Waals surface area contributed by atoms with Crippen molar-refractivity contribution in [3.63, 3.8) is 0 Å². The molecule has 0 aliphatic rings. The van der Waals surface area contributed by atoms with E-state index in [1.54, 1.807) is 6.26 Å². The van der Waals surface area contributed by atoms with Crippen LogP contribution in [0, 0.1) is 0 Å². The number of carbonyl (C=O) groups excluding carboxylic acids is 1.